The van der Waals surface area contributed by atoms with E-state index in [2.05, 4.69) is 12.1 Å². The van der Waals surface area contributed by atoms with Crippen LogP contribution < -0.4 is 0 Å². The van der Waals surface area contributed by atoms with E-state index in [0.717, 1.165) is 6.61 Å². The van der Waals surface area contributed by atoms with Crippen LogP contribution in [-0.2, 0) is 4.74 Å². The topological polar surface area (TPSA) is 9.23 Å². The second-order valence-corrected chi connectivity index (χ2v) is 2.55. The highest BCUT2D eigenvalue weighted by Crippen LogP contribution is 2.00. The maximum atomic E-state index is 5.04. The molecule has 0 atom stereocenters. The Morgan fingerprint density at radius 1 is 1.15 bits per heavy atom. The molecular weight excluding hydrogens is 160 g/mol. The van der Waals surface area contributed by atoms with Crippen molar-refractivity contribution < 1.29 is 4.74 Å². The second kappa shape index (κ2) is 6.06. The van der Waals surface area contributed by atoms with Crippen LogP contribution in [0.2, 0.25) is 0 Å². The Bertz CT molecular complexity index is 272. The third-order valence-electron chi connectivity index (χ3n) is 1.54. The standard InChI is InChI=1S/C12H14O/c1-2-13-11-7-6-10-12-8-4-3-5-9-12/h3-11H,2H2,1H3/b10-6+,11-7+. The Morgan fingerprint density at radius 3 is 2.62 bits per heavy atom. The van der Waals surface area contributed by atoms with Crippen LogP contribution >= 0.6 is 0 Å². The summed E-state index contributed by atoms with van der Waals surface area (Å²) < 4.78 is 5.04. The average molecular weight is 174 g/mol. The van der Waals surface area contributed by atoms with Crippen molar-refractivity contribution in [1.29, 1.82) is 0 Å². The van der Waals surface area contributed by atoms with Crippen LogP contribution in [0.5, 0.6) is 0 Å². The van der Waals surface area contributed by atoms with Crippen LogP contribution in [0.25, 0.3) is 6.08 Å². The Balaban J connectivity index is 2.41. The number of benzene rings is 1. The van der Waals surface area contributed by atoms with Gasteiger partial charge in [-0.25, -0.2) is 0 Å². The highest BCUT2D eigenvalue weighted by atomic mass is 16.5. The largest absolute Gasteiger partial charge is 0.501 e. The van der Waals surface area contributed by atoms with Crippen LogP contribution in [0.15, 0.2) is 48.7 Å². The molecule has 0 aliphatic heterocycles. The SMILES string of the molecule is CCO/C=C/C=C/c1ccccc1. The lowest BCUT2D eigenvalue weighted by molar-refractivity contribution is 0.269. The molecule has 0 aromatic heterocycles. The van der Waals surface area contributed by atoms with Crippen molar-refractivity contribution in [3.8, 4) is 0 Å². The van der Waals surface area contributed by atoms with Gasteiger partial charge in [0.2, 0.25) is 0 Å². The molecule has 0 fully saturated rings. The molecule has 13 heavy (non-hydrogen) atoms. The molecule has 1 rings (SSSR count). The summed E-state index contributed by atoms with van der Waals surface area (Å²) in [5.41, 5.74) is 1.20. The fraction of sp³-hybridized carbons (Fsp3) is 0.167. The fourth-order valence-electron chi connectivity index (χ4n) is 0.928. The molecule has 0 heterocycles. The number of hydrogen-bond donors (Lipinski definition) is 0. The number of ether oxygens (including phenoxy) is 1. The Labute approximate surface area is 79.4 Å². The minimum atomic E-state index is 0.718. The van der Waals surface area contributed by atoms with E-state index in [4.69, 9.17) is 4.74 Å². The summed E-state index contributed by atoms with van der Waals surface area (Å²) in [6.07, 6.45) is 7.58. The van der Waals surface area contributed by atoms with Gasteiger partial charge in [0.25, 0.3) is 0 Å². The Hall–Kier alpha value is -1.50. The average Bonchev–Trinajstić information content (AvgIpc) is 2.19. The molecule has 0 aliphatic carbocycles. The van der Waals surface area contributed by atoms with Gasteiger partial charge in [-0.15, -0.1) is 0 Å². The number of hydrogen-bond acceptors (Lipinski definition) is 1. The third kappa shape index (κ3) is 4.16. The van der Waals surface area contributed by atoms with Crippen LogP contribution in [0.1, 0.15) is 12.5 Å². The van der Waals surface area contributed by atoms with Crippen molar-refractivity contribution in [1.82, 2.24) is 0 Å². The summed E-state index contributed by atoms with van der Waals surface area (Å²) in [5, 5.41) is 0. The summed E-state index contributed by atoms with van der Waals surface area (Å²) in [6.45, 7) is 2.68. The van der Waals surface area contributed by atoms with E-state index in [9.17, 15) is 0 Å². The molecule has 0 amide bonds. The van der Waals surface area contributed by atoms with Crippen molar-refractivity contribution in [3.63, 3.8) is 0 Å². The first-order chi connectivity index (χ1) is 6.43. The first kappa shape index (κ1) is 9.59. The van der Waals surface area contributed by atoms with Gasteiger partial charge >= 0.3 is 0 Å². The van der Waals surface area contributed by atoms with E-state index in [1.807, 2.05) is 43.4 Å². The zero-order valence-electron chi connectivity index (χ0n) is 7.81. The van der Waals surface area contributed by atoms with Crippen LogP contribution in [0, 0.1) is 0 Å². The third-order valence-corrected chi connectivity index (χ3v) is 1.54. The molecule has 68 valence electrons. The zero-order chi connectivity index (χ0) is 9.36. The molecule has 0 bridgehead atoms. The quantitative estimate of drug-likeness (QED) is 0.503. The summed E-state index contributed by atoms with van der Waals surface area (Å²) in [6, 6.07) is 10.2. The maximum Gasteiger partial charge on any atom is 0.0845 e. The first-order valence-electron chi connectivity index (χ1n) is 4.43. The first-order valence-corrected chi connectivity index (χ1v) is 4.43. The molecule has 0 spiro atoms. The van der Waals surface area contributed by atoms with E-state index < -0.39 is 0 Å². The predicted octanol–water partition coefficient (Wildman–Crippen LogP) is 3.25. The van der Waals surface area contributed by atoms with E-state index in [0.29, 0.717) is 0 Å². The van der Waals surface area contributed by atoms with Crippen molar-refractivity contribution in [2.24, 2.45) is 0 Å². The smallest absolute Gasteiger partial charge is 0.0845 e. The van der Waals surface area contributed by atoms with Gasteiger partial charge < -0.3 is 4.74 Å². The van der Waals surface area contributed by atoms with Crippen LogP contribution in [0.4, 0.5) is 0 Å². The van der Waals surface area contributed by atoms with E-state index in [1.165, 1.54) is 5.56 Å². The van der Waals surface area contributed by atoms with Gasteiger partial charge in [-0.1, -0.05) is 42.5 Å². The normalized spacial score (nSPS) is 11.2. The number of rotatable bonds is 4. The molecule has 0 radical (unpaired) electrons. The Kier molecular flexibility index (Phi) is 4.47. The molecule has 1 nitrogen and oxygen atoms in total. The summed E-state index contributed by atoms with van der Waals surface area (Å²) in [7, 11) is 0. The summed E-state index contributed by atoms with van der Waals surface area (Å²) in [4.78, 5) is 0. The summed E-state index contributed by atoms with van der Waals surface area (Å²) in [5.74, 6) is 0. The fourth-order valence-corrected chi connectivity index (χ4v) is 0.928. The van der Waals surface area contributed by atoms with Gasteiger partial charge in [-0.3, -0.25) is 0 Å². The molecular formula is C12H14O. The monoisotopic (exact) mass is 174 g/mol. The van der Waals surface area contributed by atoms with Crippen LogP contribution in [0.3, 0.4) is 0 Å². The highest BCUT2D eigenvalue weighted by Gasteiger charge is 1.79. The zero-order valence-corrected chi connectivity index (χ0v) is 7.81. The van der Waals surface area contributed by atoms with E-state index in [-0.39, 0.29) is 0 Å². The van der Waals surface area contributed by atoms with Crippen molar-refractivity contribution >= 4 is 6.08 Å². The van der Waals surface area contributed by atoms with Gasteiger partial charge in [-0.2, -0.15) is 0 Å². The van der Waals surface area contributed by atoms with Crippen molar-refractivity contribution in [2.75, 3.05) is 6.61 Å². The maximum absolute atomic E-state index is 5.04. The molecule has 0 unspecified atom stereocenters. The molecule has 0 saturated heterocycles. The molecule has 0 N–H and O–H groups in total. The molecule has 1 heteroatoms. The lowest BCUT2D eigenvalue weighted by Gasteiger charge is -1.90. The molecule has 0 saturated carbocycles. The summed E-state index contributed by atoms with van der Waals surface area (Å²) >= 11 is 0. The second-order valence-electron chi connectivity index (χ2n) is 2.55. The molecule has 1 aromatic rings. The minimum absolute atomic E-state index is 0.718. The lowest BCUT2D eigenvalue weighted by Crippen LogP contribution is -1.74. The van der Waals surface area contributed by atoms with Crippen LogP contribution in [-0.4, -0.2) is 6.61 Å². The number of allylic oxidation sites excluding steroid dienone is 2. The van der Waals surface area contributed by atoms with Gasteiger partial charge in [0.15, 0.2) is 0 Å². The molecule has 1 aromatic carbocycles. The lowest BCUT2D eigenvalue weighted by atomic mass is 10.2. The van der Waals surface area contributed by atoms with E-state index >= 15 is 0 Å². The van der Waals surface area contributed by atoms with Crippen molar-refractivity contribution in [2.45, 2.75) is 6.92 Å². The Morgan fingerprint density at radius 2 is 1.92 bits per heavy atom. The van der Waals surface area contributed by atoms with Gasteiger partial charge in [0.05, 0.1) is 12.9 Å². The van der Waals surface area contributed by atoms with Gasteiger partial charge in [0.1, 0.15) is 0 Å². The van der Waals surface area contributed by atoms with Crippen molar-refractivity contribution in [3.05, 3.63) is 54.3 Å². The van der Waals surface area contributed by atoms with E-state index in [1.54, 1.807) is 6.26 Å². The predicted molar refractivity (Wildman–Crippen MR) is 56.2 cm³/mol. The minimum Gasteiger partial charge on any atom is -0.501 e. The van der Waals surface area contributed by atoms with Gasteiger partial charge in [0, 0.05) is 0 Å². The molecule has 0 aliphatic rings. The highest BCUT2D eigenvalue weighted by molar-refractivity contribution is 5.50. The van der Waals surface area contributed by atoms with Gasteiger partial charge in [-0.05, 0) is 18.6 Å².